The maximum atomic E-state index is 6.14. The molecule has 1 fully saturated rings. The molecule has 1 saturated carbocycles. The molecular formula is C15H21ClIN. The Kier molecular flexibility index (Phi) is 5.77. The lowest BCUT2D eigenvalue weighted by Gasteiger charge is -2.20. The smallest absolute Gasteiger partial charge is 0.0410 e. The monoisotopic (exact) mass is 377 g/mol. The summed E-state index contributed by atoms with van der Waals surface area (Å²) in [6.45, 7) is 3.30. The summed E-state index contributed by atoms with van der Waals surface area (Å²) in [5, 5.41) is 4.52. The first kappa shape index (κ1) is 14.6. The van der Waals surface area contributed by atoms with Gasteiger partial charge >= 0.3 is 0 Å². The molecule has 0 heterocycles. The van der Waals surface area contributed by atoms with Crippen LogP contribution >= 0.6 is 34.2 Å². The maximum Gasteiger partial charge on any atom is 0.0410 e. The molecule has 3 heteroatoms. The summed E-state index contributed by atoms with van der Waals surface area (Å²) in [5.41, 5.74) is 1.37. The Bertz CT molecular complexity index is 390. The molecule has 2 rings (SSSR count). The fourth-order valence-corrected chi connectivity index (χ4v) is 3.17. The largest absolute Gasteiger partial charge is 0.310 e. The Morgan fingerprint density at radius 3 is 2.89 bits per heavy atom. The summed E-state index contributed by atoms with van der Waals surface area (Å²) in [5.74, 6) is 0.993. The van der Waals surface area contributed by atoms with Crippen molar-refractivity contribution in [2.24, 2.45) is 5.92 Å². The van der Waals surface area contributed by atoms with Gasteiger partial charge in [-0.1, -0.05) is 31.4 Å². The molecule has 0 saturated heterocycles. The summed E-state index contributed by atoms with van der Waals surface area (Å²) in [6, 6.07) is 6.69. The Balaban J connectivity index is 2.06. The van der Waals surface area contributed by atoms with Crippen LogP contribution in [0.3, 0.4) is 0 Å². The predicted octanol–water partition coefficient (Wildman–Crippen LogP) is 5.18. The molecule has 1 aromatic carbocycles. The summed E-state index contributed by atoms with van der Waals surface area (Å²) in [6.07, 6.45) is 6.64. The normalized spacial score (nSPS) is 16.8. The first-order valence-electron chi connectivity index (χ1n) is 6.89. The van der Waals surface area contributed by atoms with Gasteiger partial charge in [-0.3, -0.25) is 0 Å². The van der Waals surface area contributed by atoms with Crippen LogP contribution < -0.4 is 5.32 Å². The Morgan fingerprint density at radius 2 is 2.22 bits per heavy atom. The Hall–Kier alpha value is 0.200. The van der Waals surface area contributed by atoms with Gasteiger partial charge in [-0.05, 0) is 78.1 Å². The molecule has 1 N–H and O–H groups in total. The van der Waals surface area contributed by atoms with Crippen LogP contribution in [0.15, 0.2) is 18.2 Å². The predicted molar refractivity (Wildman–Crippen MR) is 87.2 cm³/mol. The summed E-state index contributed by atoms with van der Waals surface area (Å²) < 4.78 is 1.32. The zero-order chi connectivity index (χ0) is 13.0. The van der Waals surface area contributed by atoms with Crippen molar-refractivity contribution in [2.45, 2.75) is 45.1 Å². The third kappa shape index (κ3) is 4.39. The molecule has 0 spiro atoms. The molecule has 0 aliphatic heterocycles. The van der Waals surface area contributed by atoms with E-state index >= 15 is 0 Å². The average molecular weight is 378 g/mol. The highest BCUT2D eigenvalue weighted by atomic mass is 127. The van der Waals surface area contributed by atoms with Gasteiger partial charge in [-0.15, -0.1) is 0 Å². The molecule has 1 aliphatic carbocycles. The van der Waals surface area contributed by atoms with E-state index in [1.54, 1.807) is 0 Å². The lowest BCUT2D eigenvalue weighted by Crippen LogP contribution is -2.23. The number of hydrogen-bond acceptors (Lipinski definition) is 1. The second-order valence-corrected chi connectivity index (χ2v) is 6.79. The van der Waals surface area contributed by atoms with Gasteiger partial charge in [-0.25, -0.2) is 0 Å². The molecular weight excluding hydrogens is 357 g/mol. The van der Waals surface area contributed by atoms with E-state index in [4.69, 9.17) is 11.6 Å². The number of hydrogen-bond donors (Lipinski definition) is 1. The van der Waals surface area contributed by atoms with Crippen LogP contribution in [-0.4, -0.2) is 6.54 Å². The van der Waals surface area contributed by atoms with Crippen molar-refractivity contribution in [3.63, 3.8) is 0 Å². The van der Waals surface area contributed by atoms with E-state index in [2.05, 4.69) is 47.0 Å². The zero-order valence-corrected chi connectivity index (χ0v) is 13.8. The van der Waals surface area contributed by atoms with E-state index in [1.807, 2.05) is 6.07 Å². The SMILES string of the molecule is CCCNC(CCC1CC1)c1cc(Cl)ccc1I. The van der Waals surface area contributed by atoms with Gasteiger partial charge in [0.1, 0.15) is 0 Å². The zero-order valence-electron chi connectivity index (χ0n) is 10.9. The first-order chi connectivity index (χ1) is 8.70. The number of benzene rings is 1. The van der Waals surface area contributed by atoms with Crippen LogP contribution in [0.1, 0.15) is 50.6 Å². The molecule has 0 amide bonds. The quantitative estimate of drug-likeness (QED) is 0.646. The molecule has 100 valence electrons. The van der Waals surface area contributed by atoms with Gasteiger partial charge in [0.25, 0.3) is 0 Å². The Labute approximate surface area is 129 Å². The number of nitrogens with one attached hydrogen (secondary N) is 1. The molecule has 18 heavy (non-hydrogen) atoms. The van der Waals surface area contributed by atoms with E-state index in [-0.39, 0.29) is 0 Å². The maximum absolute atomic E-state index is 6.14. The van der Waals surface area contributed by atoms with Gasteiger partial charge in [0.05, 0.1) is 0 Å². The van der Waals surface area contributed by atoms with Crippen LogP contribution in [0.5, 0.6) is 0 Å². The van der Waals surface area contributed by atoms with Crippen molar-refractivity contribution < 1.29 is 0 Å². The van der Waals surface area contributed by atoms with E-state index < -0.39 is 0 Å². The lowest BCUT2D eigenvalue weighted by molar-refractivity contribution is 0.468. The summed E-state index contributed by atoms with van der Waals surface area (Å²) >= 11 is 8.56. The molecule has 0 radical (unpaired) electrons. The number of rotatable bonds is 7. The second kappa shape index (κ2) is 7.11. The van der Waals surface area contributed by atoms with Crippen molar-refractivity contribution in [2.75, 3.05) is 6.54 Å². The van der Waals surface area contributed by atoms with Crippen LogP contribution in [0, 0.1) is 9.49 Å². The van der Waals surface area contributed by atoms with Crippen LogP contribution in [0.4, 0.5) is 0 Å². The van der Waals surface area contributed by atoms with Gasteiger partial charge < -0.3 is 5.32 Å². The molecule has 0 bridgehead atoms. The van der Waals surface area contributed by atoms with Gasteiger partial charge in [0.15, 0.2) is 0 Å². The molecule has 0 aromatic heterocycles. The highest BCUT2D eigenvalue weighted by Gasteiger charge is 2.23. The van der Waals surface area contributed by atoms with Gasteiger partial charge in [0.2, 0.25) is 0 Å². The molecule has 1 atom stereocenters. The van der Waals surface area contributed by atoms with Crippen LogP contribution in [-0.2, 0) is 0 Å². The molecule has 1 nitrogen and oxygen atoms in total. The van der Waals surface area contributed by atoms with Gasteiger partial charge in [0, 0.05) is 14.6 Å². The van der Waals surface area contributed by atoms with Crippen molar-refractivity contribution in [1.29, 1.82) is 0 Å². The van der Waals surface area contributed by atoms with Gasteiger partial charge in [-0.2, -0.15) is 0 Å². The summed E-state index contributed by atoms with van der Waals surface area (Å²) in [4.78, 5) is 0. The molecule has 1 unspecified atom stereocenters. The van der Waals surface area contributed by atoms with E-state index in [0.29, 0.717) is 6.04 Å². The second-order valence-electron chi connectivity index (χ2n) is 5.19. The highest BCUT2D eigenvalue weighted by Crippen LogP contribution is 2.36. The van der Waals surface area contributed by atoms with E-state index in [0.717, 1.165) is 17.5 Å². The highest BCUT2D eigenvalue weighted by molar-refractivity contribution is 14.1. The van der Waals surface area contributed by atoms with Crippen LogP contribution in [0.2, 0.25) is 5.02 Å². The molecule has 1 aromatic rings. The van der Waals surface area contributed by atoms with E-state index in [1.165, 1.54) is 41.2 Å². The van der Waals surface area contributed by atoms with Crippen LogP contribution in [0.25, 0.3) is 0 Å². The third-order valence-corrected chi connectivity index (χ3v) is 4.75. The minimum atomic E-state index is 0.469. The fraction of sp³-hybridized carbons (Fsp3) is 0.600. The lowest BCUT2D eigenvalue weighted by atomic mass is 10.0. The third-order valence-electron chi connectivity index (χ3n) is 3.53. The minimum Gasteiger partial charge on any atom is -0.310 e. The first-order valence-corrected chi connectivity index (χ1v) is 8.34. The standard InChI is InChI=1S/C15H21ClIN/c1-2-9-18-15(8-5-11-3-4-11)13-10-12(16)6-7-14(13)17/h6-7,10-11,15,18H,2-5,8-9H2,1H3. The van der Waals surface area contributed by atoms with Crippen molar-refractivity contribution in [3.8, 4) is 0 Å². The Morgan fingerprint density at radius 1 is 1.44 bits per heavy atom. The van der Waals surface area contributed by atoms with Crippen molar-refractivity contribution in [1.82, 2.24) is 5.32 Å². The average Bonchev–Trinajstić information content (AvgIpc) is 3.17. The number of halogens is 2. The van der Waals surface area contributed by atoms with E-state index in [9.17, 15) is 0 Å². The van der Waals surface area contributed by atoms with Crippen molar-refractivity contribution >= 4 is 34.2 Å². The molecule has 1 aliphatic rings. The topological polar surface area (TPSA) is 12.0 Å². The van der Waals surface area contributed by atoms with Crippen molar-refractivity contribution in [3.05, 3.63) is 32.4 Å². The summed E-state index contributed by atoms with van der Waals surface area (Å²) in [7, 11) is 0. The minimum absolute atomic E-state index is 0.469. The fourth-order valence-electron chi connectivity index (χ4n) is 2.28.